The summed E-state index contributed by atoms with van der Waals surface area (Å²) in [6.07, 6.45) is 3.56. The number of benzene rings is 1. The van der Waals surface area contributed by atoms with Gasteiger partial charge in [-0.05, 0) is 25.3 Å². The molecule has 8 heteroatoms. The van der Waals surface area contributed by atoms with Crippen LogP contribution in [0, 0.1) is 0 Å². The smallest absolute Gasteiger partial charge is 0.322 e. The van der Waals surface area contributed by atoms with E-state index < -0.39 is 6.04 Å². The molecule has 3 heterocycles. The third kappa shape index (κ3) is 3.62. The maximum atomic E-state index is 13.3. The van der Waals surface area contributed by atoms with Crippen LogP contribution in [0.5, 0.6) is 5.75 Å². The number of methoxy groups -OCH3 is 1. The Morgan fingerprint density at radius 3 is 2.63 bits per heavy atom. The van der Waals surface area contributed by atoms with E-state index in [9.17, 15) is 14.4 Å². The molecule has 30 heavy (non-hydrogen) atoms. The Morgan fingerprint density at radius 1 is 1.17 bits per heavy atom. The summed E-state index contributed by atoms with van der Waals surface area (Å²) in [7, 11) is 3.23. The summed E-state index contributed by atoms with van der Waals surface area (Å²) in [4.78, 5) is 43.4. The second-order valence-corrected chi connectivity index (χ2v) is 7.96. The number of hydrogen-bond donors (Lipinski definition) is 1. The number of carbonyl (C=O) groups is 3. The van der Waals surface area contributed by atoms with Gasteiger partial charge in [-0.15, -0.1) is 0 Å². The van der Waals surface area contributed by atoms with Gasteiger partial charge in [-0.25, -0.2) is 4.79 Å². The summed E-state index contributed by atoms with van der Waals surface area (Å²) in [5, 5.41) is 2.92. The van der Waals surface area contributed by atoms with Crippen LogP contribution >= 0.6 is 0 Å². The predicted octanol–water partition coefficient (Wildman–Crippen LogP) is 1.89. The summed E-state index contributed by atoms with van der Waals surface area (Å²) < 4.78 is 5.45. The van der Waals surface area contributed by atoms with Gasteiger partial charge in [0.1, 0.15) is 5.75 Å². The number of piperidine rings is 1. The minimum absolute atomic E-state index is 0.0937. The first kappa shape index (κ1) is 20.3. The van der Waals surface area contributed by atoms with Crippen LogP contribution in [0.4, 0.5) is 4.79 Å². The summed E-state index contributed by atoms with van der Waals surface area (Å²) in [5.41, 5.74) is 1.98. The fourth-order valence-corrected chi connectivity index (χ4v) is 4.47. The van der Waals surface area contributed by atoms with Crippen LogP contribution in [0.3, 0.4) is 0 Å². The maximum Gasteiger partial charge on any atom is 0.322 e. The highest BCUT2D eigenvalue weighted by atomic mass is 16.5. The van der Waals surface area contributed by atoms with E-state index in [1.807, 2.05) is 29.2 Å². The van der Waals surface area contributed by atoms with Gasteiger partial charge < -0.3 is 19.9 Å². The molecule has 3 aliphatic rings. The number of amides is 4. The highest BCUT2D eigenvalue weighted by Gasteiger charge is 2.43. The van der Waals surface area contributed by atoms with Crippen LogP contribution in [-0.2, 0) is 9.59 Å². The van der Waals surface area contributed by atoms with Crippen molar-refractivity contribution >= 4 is 17.8 Å². The lowest BCUT2D eigenvalue weighted by Crippen LogP contribution is -2.45. The van der Waals surface area contributed by atoms with E-state index in [4.69, 9.17) is 4.74 Å². The molecule has 0 aromatic heterocycles. The van der Waals surface area contributed by atoms with Crippen molar-refractivity contribution in [2.75, 3.05) is 40.3 Å². The quantitative estimate of drug-likeness (QED) is 0.801. The molecule has 8 nitrogen and oxygen atoms in total. The van der Waals surface area contributed by atoms with Crippen molar-refractivity contribution in [2.24, 2.45) is 0 Å². The van der Waals surface area contributed by atoms with Crippen LogP contribution in [0.15, 0.2) is 35.5 Å². The molecule has 1 fully saturated rings. The van der Waals surface area contributed by atoms with E-state index in [2.05, 4.69) is 5.32 Å². The fourth-order valence-electron chi connectivity index (χ4n) is 4.47. The van der Waals surface area contributed by atoms with E-state index in [-0.39, 0.29) is 17.8 Å². The Morgan fingerprint density at radius 2 is 1.90 bits per heavy atom. The average Bonchev–Trinajstić information content (AvgIpc) is 3.11. The molecule has 1 atom stereocenters. The van der Waals surface area contributed by atoms with Crippen molar-refractivity contribution in [1.82, 2.24) is 20.0 Å². The standard InChI is InChI=1S/C22H28N4O4/c1-24-16-14-26(13-10-18(27)25-11-6-3-7-12-25)21(28)19(16)20(23-22(24)29)15-8-4-5-9-17(15)30-2/h4-5,8-9,20H,3,6-7,10-14H2,1-2H3,(H,23,29)/t20-/m0/s1. The Kier molecular flexibility index (Phi) is 5.65. The number of likely N-dealkylation sites (tertiary alicyclic amines) is 1. The molecule has 0 aliphatic carbocycles. The van der Waals surface area contributed by atoms with Crippen molar-refractivity contribution in [3.63, 3.8) is 0 Å². The number of likely N-dealkylation sites (N-methyl/N-ethyl adjacent to an activating group) is 1. The van der Waals surface area contributed by atoms with Gasteiger partial charge in [-0.3, -0.25) is 14.5 Å². The molecule has 1 N–H and O–H groups in total. The van der Waals surface area contributed by atoms with Gasteiger partial charge in [0.25, 0.3) is 5.91 Å². The van der Waals surface area contributed by atoms with Gasteiger partial charge in [-0.1, -0.05) is 18.2 Å². The average molecular weight is 412 g/mol. The van der Waals surface area contributed by atoms with Crippen LogP contribution in [-0.4, -0.2) is 72.9 Å². The van der Waals surface area contributed by atoms with Gasteiger partial charge >= 0.3 is 6.03 Å². The Hall–Kier alpha value is -3.03. The molecule has 0 unspecified atom stereocenters. The molecule has 0 spiro atoms. The SMILES string of the molecule is COc1ccccc1[C@@H]1NC(=O)N(C)C2=C1C(=O)N(CCC(=O)N1CCCCC1)C2. The molecule has 4 amide bonds. The lowest BCUT2D eigenvalue weighted by atomic mass is 9.95. The lowest BCUT2D eigenvalue weighted by molar-refractivity contribution is -0.133. The Labute approximate surface area is 176 Å². The number of nitrogens with zero attached hydrogens (tertiary/aromatic N) is 3. The van der Waals surface area contributed by atoms with Crippen LogP contribution in [0.25, 0.3) is 0 Å². The molecule has 4 rings (SSSR count). The maximum absolute atomic E-state index is 13.3. The van der Waals surface area contributed by atoms with Crippen LogP contribution in [0.1, 0.15) is 37.3 Å². The highest BCUT2D eigenvalue weighted by molar-refractivity contribution is 6.01. The van der Waals surface area contributed by atoms with Gasteiger partial charge in [0.15, 0.2) is 0 Å². The molecule has 1 aromatic carbocycles. The summed E-state index contributed by atoms with van der Waals surface area (Å²) in [6.45, 7) is 2.29. The summed E-state index contributed by atoms with van der Waals surface area (Å²) in [6, 6.07) is 6.55. The van der Waals surface area contributed by atoms with Crippen molar-refractivity contribution < 1.29 is 19.1 Å². The normalized spacial score (nSPS) is 21.7. The molecule has 3 aliphatic heterocycles. The third-order valence-electron chi connectivity index (χ3n) is 6.19. The molecule has 0 bridgehead atoms. The topological polar surface area (TPSA) is 82.2 Å². The Bertz CT molecular complexity index is 891. The molecule has 0 radical (unpaired) electrons. The largest absolute Gasteiger partial charge is 0.496 e. The van der Waals surface area contributed by atoms with E-state index in [0.717, 1.165) is 31.5 Å². The highest BCUT2D eigenvalue weighted by Crippen LogP contribution is 2.38. The number of carbonyl (C=O) groups excluding carboxylic acids is 3. The van der Waals surface area contributed by atoms with Gasteiger partial charge in [0.2, 0.25) is 5.91 Å². The molecular formula is C22H28N4O4. The number of ether oxygens (including phenoxy) is 1. The molecule has 1 aromatic rings. The zero-order valence-corrected chi connectivity index (χ0v) is 17.5. The van der Waals surface area contributed by atoms with Crippen molar-refractivity contribution in [3.05, 3.63) is 41.1 Å². The zero-order valence-electron chi connectivity index (χ0n) is 17.5. The third-order valence-corrected chi connectivity index (χ3v) is 6.19. The lowest BCUT2D eigenvalue weighted by Gasteiger charge is -2.31. The van der Waals surface area contributed by atoms with Crippen LogP contribution in [0.2, 0.25) is 0 Å². The van der Waals surface area contributed by atoms with Gasteiger partial charge in [0.05, 0.1) is 31.0 Å². The van der Waals surface area contributed by atoms with Crippen molar-refractivity contribution in [2.45, 2.75) is 31.7 Å². The number of para-hydroxylation sites is 1. The zero-order chi connectivity index (χ0) is 21.3. The molecule has 1 saturated heterocycles. The Balaban J connectivity index is 1.53. The second-order valence-electron chi connectivity index (χ2n) is 7.96. The van der Waals surface area contributed by atoms with E-state index >= 15 is 0 Å². The minimum atomic E-state index is -0.574. The molecule has 160 valence electrons. The van der Waals surface area contributed by atoms with Crippen molar-refractivity contribution in [3.8, 4) is 5.75 Å². The first-order chi connectivity index (χ1) is 14.5. The van der Waals surface area contributed by atoms with Gasteiger partial charge in [-0.2, -0.15) is 0 Å². The molecule has 0 saturated carbocycles. The predicted molar refractivity (Wildman–Crippen MR) is 111 cm³/mol. The summed E-state index contributed by atoms with van der Waals surface area (Å²) in [5.74, 6) is 0.570. The van der Waals surface area contributed by atoms with E-state index in [1.165, 1.54) is 11.3 Å². The number of nitrogens with one attached hydrogen (secondary N) is 1. The fraction of sp³-hybridized carbons (Fsp3) is 0.500. The number of hydrogen-bond acceptors (Lipinski definition) is 4. The summed E-state index contributed by atoms with van der Waals surface area (Å²) >= 11 is 0. The van der Waals surface area contributed by atoms with Gasteiger partial charge in [0, 0.05) is 38.7 Å². The molecular weight excluding hydrogens is 384 g/mol. The minimum Gasteiger partial charge on any atom is -0.496 e. The van der Waals surface area contributed by atoms with E-state index in [0.29, 0.717) is 36.5 Å². The second kappa shape index (κ2) is 8.38. The number of rotatable bonds is 5. The van der Waals surface area contributed by atoms with Crippen molar-refractivity contribution in [1.29, 1.82) is 0 Å². The van der Waals surface area contributed by atoms with E-state index in [1.54, 1.807) is 19.1 Å². The number of urea groups is 1. The first-order valence-corrected chi connectivity index (χ1v) is 10.5. The van der Waals surface area contributed by atoms with Crippen LogP contribution < -0.4 is 10.1 Å². The first-order valence-electron chi connectivity index (χ1n) is 10.5. The monoisotopic (exact) mass is 412 g/mol.